The monoisotopic (exact) mass is 209 g/mol. The van der Waals surface area contributed by atoms with Crippen molar-refractivity contribution in [2.45, 2.75) is 20.3 Å². The molecule has 15 heavy (non-hydrogen) atoms. The molecule has 3 heteroatoms. The molecule has 0 fully saturated rings. The Labute approximate surface area is 91.2 Å². The second-order valence-electron chi connectivity index (χ2n) is 3.45. The molecule has 0 amide bonds. The topological polar surface area (TPSA) is 44.5 Å². The summed E-state index contributed by atoms with van der Waals surface area (Å²) < 4.78 is 10.8. The quantitative estimate of drug-likeness (QED) is 0.578. The van der Waals surface area contributed by atoms with Crippen molar-refractivity contribution in [3.63, 3.8) is 0 Å². The summed E-state index contributed by atoms with van der Waals surface area (Å²) >= 11 is 0. The van der Waals surface area contributed by atoms with E-state index in [1.807, 2.05) is 25.1 Å². The van der Waals surface area contributed by atoms with Crippen LogP contribution < -0.4 is 10.5 Å². The van der Waals surface area contributed by atoms with Crippen LogP contribution in [0.4, 0.5) is 5.69 Å². The lowest BCUT2D eigenvalue weighted by atomic mass is 10.2. The molecule has 0 spiro atoms. The third-order valence-corrected chi connectivity index (χ3v) is 2.12. The van der Waals surface area contributed by atoms with Gasteiger partial charge < -0.3 is 15.2 Å². The van der Waals surface area contributed by atoms with Crippen molar-refractivity contribution < 1.29 is 9.47 Å². The molecule has 3 nitrogen and oxygen atoms in total. The maximum atomic E-state index is 5.86. The lowest BCUT2D eigenvalue weighted by molar-refractivity contribution is 0.101. The molecule has 1 rings (SSSR count). The van der Waals surface area contributed by atoms with Crippen LogP contribution in [0.15, 0.2) is 18.2 Å². The number of ether oxygens (including phenoxy) is 2. The van der Waals surface area contributed by atoms with E-state index < -0.39 is 0 Å². The number of nitrogen functional groups attached to an aromatic ring is 1. The molecule has 0 saturated heterocycles. The molecular formula is C12H19NO2. The van der Waals surface area contributed by atoms with E-state index in [1.54, 1.807) is 0 Å². The predicted octanol–water partition coefficient (Wildman–Crippen LogP) is 2.38. The van der Waals surface area contributed by atoms with Gasteiger partial charge in [0.05, 0.1) is 12.3 Å². The summed E-state index contributed by atoms with van der Waals surface area (Å²) in [6, 6.07) is 5.78. The van der Waals surface area contributed by atoms with Crippen molar-refractivity contribution in [3.8, 4) is 5.75 Å². The van der Waals surface area contributed by atoms with Gasteiger partial charge in [0, 0.05) is 6.61 Å². The summed E-state index contributed by atoms with van der Waals surface area (Å²) in [6.07, 6.45) is 1.03. The normalized spacial score (nSPS) is 10.3. The van der Waals surface area contributed by atoms with Gasteiger partial charge >= 0.3 is 0 Å². The summed E-state index contributed by atoms with van der Waals surface area (Å²) in [5.74, 6) is 0.745. The second-order valence-corrected chi connectivity index (χ2v) is 3.45. The van der Waals surface area contributed by atoms with Gasteiger partial charge in [0.1, 0.15) is 12.4 Å². The predicted molar refractivity (Wildman–Crippen MR) is 62.2 cm³/mol. The van der Waals surface area contributed by atoms with Gasteiger partial charge in [-0.2, -0.15) is 0 Å². The largest absolute Gasteiger partial charge is 0.489 e. The van der Waals surface area contributed by atoms with E-state index in [2.05, 4.69) is 6.92 Å². The zero-order chi connectivity index (χ0) is 11.1. The fraction of sp³-hybridized carbons (Fsp3) is 0.500. The molecule has 0 heterocycles. The number of para-hydroxylation sites is 1. The first kappa shape index (κ1) is 11.9. The summed E-state index contributed by atoms with van der Waals surface area (Å²) in [7, 11) is 0. The number of hydrogen-bond donors (Lipinski definition) is 1. The van der Waals surface area contributed by atoms with Gasteiger partial charge in [0.15, 0.2) is 0 Å². The molecule has 0 saturated carbocycles. The van der Waals surface area contributed by atoms with E-state index in [4.69, 9.17) is 15.2 Å². The smallest absolute Gasteiger partial charge is 0.142 e. The van der Waals surface area contributed by atoms with E-state index in [-0.39, 0.29) is 0 Å². The van der Waals surface area contributed by atoms with Gasteiger partial charge in [0.2, 0.25) is 0 Å². The van der Waals surface area contributed by atoms with Crippen molar-refractivity contribution in [1.82, 2.24) is 0 Å². The highest BCUT2D eigenvalue weighted by Gasteiger charge is 2.01. The standard InChI is InChI=1S/C12H19NO2/c1-3-7-14-8-9-15-11-6-4-5-10(2)12(11)13/h4-6H,3,7-9,13H2,1-2H3. The molecule has 2 N–H and O–H groups in total. The first-order valence-electron chi connectivity index (χ1n) is 5.31. The van der Waals surface area contributed by atoms with Gasteiger partial charge in [-0.3, -0.25) is 0 Å². The lowest BCUT2D eigenvalue weighted by Gasteiger charge is -2.10. The van der Waals surface area contributed by atoms with Gasteiger partial charge in [-0.05, 0) is 25.0 Å². The van der Waals surface area contributed by atoms with Crippen molar-refractivity contribution in [2.75, 3.05) is 25.6 Å². The minimum atomic E-state index is 0.549. The number of hydrogen-bond acceptors (Lipinski definition) is 3. The Morgan fingerprint density at radius 3 is 2.73 bits per heavy atom. The van der Waals surface area contributed by atoms with Gasteiger partial charge in [-0.25, -0.2) is 0 Å². The van der Waals surface area contributed by atoms with Crippen molar-refractivity contribution in [3.05, 3.63) is 23.8 Å². The molecule has 0 aliphatic heterocycles. The Bertz CT molecular complexity index is 300. The lowest BCUT2D eigenvalue weighted by Crippen LogP contribution is -2.08. The van der Waals surface area contributed by atoms with E-state index in [0.29, 0.717) is 18.9 Å². The first-order chi connectivity index (χ1) is 7.25. The van der Waals surface area contributed by atoms with E-state index in [0.717, 1.165) is 24.3 Å². The molecule has 0 aliphatic carbocycles. The fourth-order valence-corrected chi connectivity index (χ4v) is 1.24. The van der Waals surface area contributed by atoms with Crippen LogP contribution in [0.25, 0.3) is 0 Å². The van der Waals surface area contributed by atoms with Crippen LogP contribution in [0.2, 0.25) is 0 Å². The zero-order valence-electron chi connectivity index (χ0n) is 9.45. The highest BCUT2D eigenvalue weighted by Crippen LogP contribution is 2.23. The van der Waals surface area contributed by atoms with E-state index >= 15 is 0 Å². The Hall–Kier alpha value is -1.22. The van der Waals surface area contributed by atoms with Crippen molar-refractivity contribution in [2.24, 2.45) is 0 Å². The average Bonchev–Trinajstić information content (AvgIpc) is 2.24. The Kier molecular flexibility index (Phi) is 4.98. The van der Waals surface area contributed by atoms with Crippen LogP contribution in [0.5, 0.6) is 5.75 Å². The number of aryl methyl sites for hydroxylation is 1. The van der Waals surface area contributed by atoms with E-state index in [9.17, 15) is 0 Å². The number of rotatable bonds is 6. The third kappa shape index (κ3) is 3.80. The van der Waals surface area contributed by atoms with Crippen LogP contribution in [-0.2, 0) is 4.74 Å². The molecule has 0 aromatic heterocycles. The number of nitrogens with two attached hydrogens (primary N) is 1. The molecule has 1 aromatic rings. The Morgan fingerprint density at radius 1 is 1.20 bits per heavy atom. The van der Waals surface area contributed by atoms with Crippen LogP contribution in [0.3, 0.4) is 0 Å². The van der Waals surface area contributed by atoms with Gasteiger partial charge in [0.25, 0.3) is 0 Å². The Balaban J connectivity index is 2.34. The SMILES string of the molecule is CCCOCCOc1cccc(C)c1N. The van der Waals surface area contributed by atoms with E-state index in [1.165, 1.54) is 0 Å². The fourth-order valence-electron chi connectivity index (χ4n) is 1.24. The summed E-state index contributed by atoms with van der Waals surface area (Å²) in [6.45, 7) is 6.00. The zero-order valence-corrected chi connectivity index (χ0v) is 9.45. The van der Waals surface area contributed by atoms with Gasteiger partial charge in [-0.1, -0.05) is 19.1 Å². The third-order valence-electron chi connectivity index (χ3n) is 2.12. The van der Waals surface area contributed by atoms with Crippen LogP contribution in [0.1, 0.15) is 18.9 Å². The van der Waals surface area contributed by atoms with Crippen molar-refractivity contribution in [1.29, 1.82) is 0 Å². The molecule has 0 atom stereocenters. The number of benzene rings is 1. The van der Waals surface area contributed by atoms with Crippen LogP contribution in [0, 0.1) is 6.92 Å². The maximum absolute atomic E-state index is 5.86. The molecular weight excluding hydrogens is 190 g/mol. The molecule has 0 radical (unpaired) electrons. The summed E-state index contributed by atoms with van der Waals surface area (Å²) in [5.41, 5.74) is 7.62. The first-order valence-corrected chi connectivity index (χ1v) is 5.31. The number of anilines is 1. The molecule has 0 bridgehead atoms. The highest BCUT2D eigenvalue weighted by molar-refractivity contribution is 5.57. The molecule has 0 unspecified atom stereocenters. The summed E-state index contributed by atoms with van der Waals surface area (Å²) in [4.78, 5) is 0. The van der Waals surface area contributed by atoms with Crippen LogP contribution >= 0.6 is 0 Å². The Morgan fingerprint density at radius 2 is 2.00 bits per heavy atom. The minimum Gasteiger partial charge on any atom is -0.489 e. The molecule has 0 aliphatic rings. The maximum Gasteiger partial charge on any atom is 0.142 e. The van der Waals surface area contributed by atoms with Gasteiger partial charge in [-0.15, -0.1) is 0 Å². The average molecular weight is 209 g/mol. The van der Waals surface area contributed by atoms with Crippen molar-refractivity contribution >= 4 is 5.69 Å². The minimum absolute atomic E-state index is 0.549. The summed E-state index contributed by atoms with van der Waals surface area (Å²) in [5, 5.41) is 0. The molecule has 1 aromatic carbocycles. The second kappa shape index (κ2) is 6.30. The highest BCUT2D eigenvalue weighted by atomic mass is 16.5. The van der Waals surface area contributed by atoms with Crippen LogP contribution in [-0.4, -0.2) is 19.8 Å². The molecule has 84 valence electrons.